The molecule has 0 aromatic heterocycles. The van der Waals surface area contributed by atoms with Crippen LogP contribution >= 0.6 is 0 Å². The Kier molecular flexibility index (Phi) is 16.7. The molecule has 0 saturated heterocycles. The third kappa shape index (κ3) is 9.43. The maximum atomic E-state index is 14.1. The summed E-state index contributed by atoms with van der Waals surface area (Å²) in [6.07, 6.45) is -29.1. The van der Waals surface area contributed by atoms with Crippen molar-refractivity contribution in [2.75, 3.05) is 0 Å². The number of alkyl halides is 38. The molecule has 4 N–H and O–H groups in total. The predicted octanol–water partition coefficient (Wildman–Crippen LogP) is 14.0. The van der Waals surface area contributed by atoms with Gasteiger partial charge in [-0.1, -0.05) is 12.8 Å². The number of rotatable bonds is 24. The molecule has 0 rings (SSSR count). The van der Waals surface area contributed by atoms with Crippen LogP contribution in [0, 0.1) is 0 Å². The van der Waals surface area contributed by atoms with Gasteiger partial charge in [-0.05, 0) is 24.9 Å². The predicted molar refractivity (Wildman–Crippen MR) is 143 cm³/mol. The highest BCUT2D eigenvalue weighted by atomic mass is 28.3. The van der Waals surface area contributed by atoms with Crippen LogP contribution in [0.5, 0.6) is 0 Å². The Labute approximate surface area is 344 Å². The lowest BCUT2D eigenvalue weighted by Gasteiger charge is -2.43. The first kappa shape index (κ1) is 64.5. The Bertz CT molecular complexity index is 1570. The summed E-state index contributed by atoms with van der Waals surface area (Å²) in [5.41, 5.74) is 0. The first-order chi connectivity index (χ1) is 28.4. The van der Waals surface area contributed by atoms with Gasteiger partial charge in [0.15, 0.2) is 8.40 Å². The average molecular weight is 1110 g/mol. The highest BCUT2D eigenvalue weighted by Gasteiger charge is 2.98. The third-order valence-electron chi connectivity index (χ3n) is 9.13. The molecular weight excluding hydrogens is 1090 g/mol. The van der Waals surface area contributed by atoms with Crippen LogP contribution in [0.15, 0.2) is 0 Å². The van der Waals surface area contributed by atoms with Crippen LogP contribution < -0.4 is 10.8 Å². The van der Waals surface area contributed by atoms with Gasteiger partial charge >= 0.3 is 107 Å². The average Bonchev–Trinajstić information content (AvgIpc) is 3.09. The number of halogens is 38. The largest absolute Gasteiger partial charge is 0.460 e. The van der Waals surface area contributed by atoms with Crippen LogP contribution in [-0.4, -0.2) is 116 Å². The second kappa shape index (κ2) is 17.4. The molecule has 67 heavy (non-hydrogen) atoms. The summed E-state index contributed by atoms with van der Waals surface area (Å²) in [5.74, 6) is -138. The van der Waals surface area contributed by atoms with Crippen molar-refractivity contribution < 1.29 is 167 Å². The first-order valence-corrected chi connectivity index (χ1v) is 18.7. The van der Waals surface area contributed by atoms with E-state index in [0.717, 1.165) is 0 Å². The molecule has 41 heteroatoms. The molecule has 404 valence electrons. The molecule has 0 amide bonds. The van der Waals surface area contributed by atoms with Crippen molar-refractivity contribution in [3.8, 4) is 0 Å². The molecule has 0 saturated carbocycles. The van der Waals surface area contributed by atoms with Crippen molar-refractivity contribution in [2.24, 2.45) is 10.8 Å². The lowest BCUT2D eigenvalue weighted by atomic mass is 9.86. The number of hydrogen-bond acceptors (Lipinski definition) is 2. The zero-order chi connectivity index (χ0) is 55.2. The molecule has 0 aromatic carbocycles. The Morgan fingerprint density at radius 3 is 0.522 bits per heavy atom. The summed E-state index contributed by atoms with van der Waals surface area (Å²) in [5, 5.41) is 10.7. The first-order valence-electron chi connectivity index (χ1n) is 16.2. The van der Waals surface area contributed by atoms with Gasteiger partial charge in [0.1, 0.15) is 0 Å². The van der Waals surface area contributed by atoms with Gasteiger partial charge in [0, 0.05) is 12.8 Å². The Hall–Kier alpha value is -2.52. The minimum Gasteiger partial charge on any atom is -0.339 e. The monoisotopic (exact) mass is 1110 g/mol. The lowest BCUT2D eigenvalue weighted by molar-refractivity contribution is -0.468. The molecule has 0 spiro atoms. The van der Waals surface area contributed by atoms with Crippen molar-refractivity contribution in [3.05, 3.63) is 0 Å². The van der Waals surface area contributed by atoms with Crippen LogP contribution in [0.25, 0.3) is 0 Å². The number of nitrogens with two attached hydrogens (primary N) is 2. The van der Waals surface area contributed by atoms with Crippen molar-refractivity contribution in [1.29, 1.82) is 0 Å². The highest BCUT2D eigenvalue weighted by Crippen LogP contribution is 2.67. The molecule has 0 bridgehead atoms. The smallest absolute Gasteiger partial charge is 0.339 e. The maximum Gasteiger partial charge on any atom is 0.460 e. The second-order valence-electron chi connectivity index (χ2n) is 14.1. The molecular formula is C26H20F38N2Si. The van der Waals surface area contributed by atoms with Crippen LogP contribution in [0.1, 0.15) is 38.5 Å². The van der Waals surface area contributed by atoms with Gasteiger partial charge in [-0.15, -0.1) is 0 Å². The quantitative estimate of drug-likeness (QED) is 0.0575. The highest BCUT2D eigenvalue weighted by molar-refractivity contribution is 6.73. The molecule has 0 radical (unpaired) electrons. The van der Waals surface area contributed by atoms with E-state index in [9.17, 15) is 167 Å². The van der Waals surface area contributed by atoms with Crippen LogP contribution in [0.4, 0.5) is 167 Å². The van der Waals surface area contributed by atoms with Gasteiger partial charge in [0.05, 0.1) is 0 Å². The SMILES string of the molecule is N[Si](N)(CCCCC(F)(F)C(F)(F)C(F)(F)C(F)(F)C(F)(F)C(F)(F)C(F)(F)C(F)(F)C(F)(F)F)CCCCC(F)(F)C(F)(F)C(F)(F)C(F)(F)C(F)(F)C(F)(F)C(F)(F)C(F)(F)C(F)(F)F. The Morgan fingerprint density at radius 2 is 0.358 bits per heavy atom. The van der Waals surface area contributed by atoms with Crippen LogP contribution in [0.3, 0.4) is 0 Å². The van der Waals surface area contributed by atoms with Gasteiger partial charge in [-0.2, -0.15) is 167 Å². The summed E-state index contributed by atoms with van der Waals surface area (Å²) >= 11 is 0. The maximum absolute atomic E-state index is 14.1. The van der Waals surface area contributed by atoms with Gasteiger partial charge in [0.25, 0.3) is 0 Å². The summed E-state index contributed by atoms with van der Waals surface area (Å²) in [7, 11) is -4.50. The molecule has 0 fully saturated rings. The van der Waals surface area contributed by atoms with E-state index in [1.807, 2.05) is 0 Å². The minimum absolute atomic E-state index is 1.26. The summed E-state index contributed by atoms with van der Waals surface area (Å²) in [6, 6.07) is -2.52. The molecule has 0 unspecified atom stereocenters. The molecule has 0 aromatic rings. The molecule has 0 heterocycles. The lowest BCUT2D eigenvalue weighted by Crippen LogP contribution is -2.75. The fourth-order valence-corrected chi connectivity index (χ4v) is 6.89. The zero-order valence-corrected chi connectivity index (χ0v) is 31.7. The molecule has 0 aliphatic carbocycles. The molecule has 0 aliphatic heterocycles. The van der Waals surface area contributed by atoms with Crippen molar-refractivity contribution in [2.45, 2.75) is 158 Å². The van der Waals surface area contributed by atoms with Crippen LogP contribution in [-0.2, 0) is 0 Å². The van der Waals surface area contributed by atoms with E-state index in [2.05, 4.69) is 0 Å². The van der Waals surface area contributed by atoms with E-state index in [-0.39, 0.29) is 0 Å². The molecule has 0 aliphatic rings. The Morgan fingerprint density at radius 1 is 0.209 bits per heavy atom. The van der Waals surface area contributed by atoms with Gasteiger partial charge in [-0.3, -0.25) is 0 Å². The number of unbranched alkanes of at least 4 members (excludes halogenated alkanes) is 2. The normalized spacial score (nSPS) is 16.8. The van der Waals surface area contributed by atoms with Crippen LogP contribution in [0.2, 0.25) is 12.1 Å². The van der Waals surface area contributed by atoms with E-state index < -0.39 is 166 Å². The molecule has 2 nitrogen and oxygen atoms in total. The van der Waals surface area contributed by atoms with E-state index >= 15 is 0 Å². The van der Waals surface area contributed by atoms with E-state index in [1.165, 1.54) is 0 Å². The zero-order valence-electron chi connectivity index (χ0n) is 30.7. The molecule has 0 atom stereocenters. The topological polar surface area (TPSA) is 52.0 Å². The fraction of sp³-hybridized carbons (Fsp3) is 1.00. The van der Waals surface area contributed by atoms with Gasteiger partial charge in [-0.25, -0.2) is 0 Å². The van der Waals surface area contributed by atoms with Crippen molar-refractivity contribution >= 4 is 8.40 Å². The van der Waals surface area contributed by atoms with E-state index in [0.29, 0.717) is 0 Å². The van der Waals surface area contributed by atoms with Crippen molar-refractivity contribution in [1.82, 2.24) is 0 Å². The standard InChI is InChI=1S/C26H20F38N2Si/c27-9(28,11(31,32)13(35,36)15(39,40)17(43,44)19(47,48)21(51,52)23(55,56)25(59,60)61)5-1-3-7-67(65,66)8-4-2-6-10(29,30)12(33,34)14(37,38)16(41,42)18(45,46)20(49,50)22(53,54)24(57,58)26(62,63)64/h1-8,65-66H2. The summed E-state index contributed by atoms with van der Waals surface area (Å²) in [6.45, 7) is 0. The van der Waals surface area contributed by atoms with Gasteiger partial charge < -0.3 is 10.8 Å². The second-order valence-corrected chi connectivity index (χ2v) is 17.6. The number of hydrogen-bond donors (Lipinski definition) is 2. The van der Waals surface area contributed by atoms with E-state index in [1.54, 1.807) is 0 Å². The summed E-state index contributed by atoms with van der Waals surface area (Å²) in [4.78, 5) is 0. The third-order valence-corrected chi connectivity index (χ3v) is 11.7. The fourth-order valence-electron chi connectivity index (χ4n) is 4.83. The minimum atomic E-state index is -9.23. The summed E-state index contributed by atoms with van der Waals surface area (Å²) < 4.78 is 511. The van der Waals surface area contributed by atoms with Crippen molar-refractivity contribution in [3.63, 3.8) is 0 Å². The Balaban J connectivity index is 6.13. The van der Waals surface area contributed by atoms with E-state index in [4.69, 9.17) is 10.8 Å². The van der Waals surface area contributed by atoms with Gasteiger partial charge in [0.2, 0.25) is 0 Å².